The quantitative estimate of drug-likeness (QED) is 0.492. The molecule has 1 saturated heterocycles. The van der Waals surface area contributed by atoms with Gasteiger partial charge in [-0.2, -0.15) is 0 Å². The number of ether oxygens (including phenoxy) is 4. The number of hydrogen-bond donors (Lipinski definition) is 1. The zero-order valence-corrected chi connectivity index (χ0v) is 18.1. The molecule has 4 atom stereocenters. The Morgan fingerprint density at radius 2 is 1.22 bits per heavy atom. The molecule has 0 aliphatic carbocycles. The summed E-state index contributed by atoms with van der Waals surface area (Å²) in [5, 5.41) is 10.1. The average Bonchev–Trinajstić information content (AvgIpc) is 3.26. The van der Waals surface area contributed by atoms with Crippen molar-refractivity contribution < 1.29 is 24.1 Å². The summed E-state index contributed by atoms with van der Waals surface area (Å²) in [4.78, 5) is 0. The second-order valence-electron chi connectivity index (χ2n) is 7.91. The molecule has 32 heavy (non-hydrogen) atoms. The Labute approximate surface area is 189 Å². The minimum atomic E-state index is -0.513. The molecule has 0 bridgehead atoms. The van der Waals surface area contributed by atoms with E-state index in [0.717, 1.165) is 16.7 Å². The Bertz CT molecular complexity index is 903. The number of benzene rings is 3. The smallest absolute Gasteiger partial charge is 0.115 e. The molecule has 5 heteroatoms. The van der Waals surface area contributed by atoms with E-state index < -0.39 is 12.2 Å². The first kappa shape index (κ1) is 22.6. The minimum Gasteiger partial charge on any atom is -0.394 e. The minimum absolute atomic E-state index is 0.159. The second-order valence-corrected chi connectivity index (χ2v) is 7.91. The van der Waals surface area contributed by atoms with Gasteiger partial charge in [0.05, 0.1) is 33.0 Å². The van der Waals surface area contributed by atoms with Crippen LogP contribution in [0.1, 0.15) is 16.7 Å². The molecule has 1 aliphatic rings. The molecule has 4 rings (SSSR count). The number of aliphatic hydroxyl groups is 1. The Balaban J connectivity index is 1.43. The maximum atomic E-state index is 10.1. The van der Waals surface area contributed by atoms with Crippen LogP contribution in [0.3, 0.4) is 0 Å². The zero-order valence-electron chi connectivity index (χ0n) is 18.1. The van der Waals surface area contributed by atoms with E-state index >= 15 is 0 Å². The molecular weight excluding hydrogens is 404 g/mol. The van der Waals surface area contributed by atoms with Crippen molar-refractivity contribution in [1.29, 1.82) is 0 Å². The van der Waals surface area contributed by atoms with E-state index in [-0.39, 0.29) is 18.8 Å². The summed E-state index contributed by atoms with van der Waals surface area (Å²) in [6, 6.07) is 30.0. The fourth-order valence-electron chi connectivity index (χ4n) is 3.84. The summed E-state index contributed by atoms with van der Waals surface area (Å²) in [5.74, 6) is 0. The van der Waals surface area contributed by atoms with Crippen LogP contribution in [0.25, 0.3) is 0 Å². The number of rotatable bonds is 11. The lowest BCUT2D eigenvalue weighted by molar-refractivity contribution is -0.129. The Morgan fingerprint density at radius 1 is 0.719 bits per heavy atom. The topological polar surface area (TPSA) is 57.2 Å². The zero-order chi connectivity index (χ0) is 22.0. The fourth-order valence-corrected chi connectivity index (χ4v) is 3.84. The first-order valence-corrected chi connectivity index (χ1v) is 11.0. The number of hydrogen-bond acceptors (Lipinski definition) is 5. The van der Waals surface area contributed by atoms with Crippen molar-refractivity contribution in [3.63, 3.8) is 0 Å². The molecule has 0 radical (unpaired) electrons. The lowest BCUT2D eigenvalue weighted by Gasteiger charge is -2.28. The Kier molecular flexibility index (Phi) is 8.42. The summed E-state index contributed by atoms with van der Waals surface area (Å²) in [6.45, 7) is 1.54. The summed E-state index contributed by atoms with van der Waals surface area (Å²) < 4.78 is 24.6. The van der Waals surface area contributed by atoms with E-state index in [1.165, 1.54) is 0 Å². The van der Waals surface area contributed by atoms with Gasteiger partial charge in [0.15, 0.2) is 0 Å². The van der Waals surface area contributed by atoms with E-state index in [2.05, 4.69) is 0 Å². The third kappa shape index (κ3) is 6.25. The first-order valence-electron chi connectivity index (χ1n) is 11.0. The van der Waals surface area contributed by atoms with E-state index in [1.807, 2.05) is 91.0 Å². The molecule has 3 aromatic carbocycles. The summed E-state index contributed by atoms with van der Waals surface area (Å²) in [5.41, 5.74) is 3.21. The highest BCUT2D eigenvalue weighted by Gasteiger charge is 2.43. The fraction of sp³-hybridized carbons (Fsp3) is 0.333. The molecule has 0 amide bonds. The average molecular weight is 435 g/mol. The monoisotopic (exact) mass is 434 g/mol. The van der Waals surface area contributed by atoms with E-state index in [9.17, 15) is 5.11 Å². The van der Waals surface area contributed by atoms with Crippen LogP contribution < -0.4 is 0 Å². The van der Waals surface area contributed by atoms with Gasteiger partial charge in [-0.1, -0.05) is 91.0 Å². The molecule has 0 aromatic heterocycles. The highest BCUT2D eigenvalue weighted by Crippen LogP contribution is 2.27. The van der Waals surface area contributed by atoms with Gasteiger partial charge in [0.1, 0.15) is 24.4 Å². The van der Waals surface area contributed by atoms with Crippen LogP contribution in [0.15, 0.2) is 91.0 Å². The van der Waals surface area contributed by atoms with Crippen molar-refractivity contribution in [2.45, 2.75) is 44.2 Å². The van der Waals surface area contributed by atoms with E-state index in [1.54, 1.807) is 0 Å². The van der Waals surface area contributed by atoms with Gasteiger partial charge < -0.3 is 24.1 Å². The summed E-state index contributed by atoms with van der Waals surface area (Å²) in [7, 11) is 0. The molecule has 0 spiro atoms. The van der Waals surface area contributed by atoms with Crippen LogP contribution in [-0.4, -0.2) is 42.7 Å². The molecule has 0 saturated carbocycles. The van der Waals surface area contributed by atoms with Crippen LogP contribution in [0.2, 0.25) is 0 Å². The van der Waals surface area contributed by atoms with Crippen LogP contribution in [0, 0.1) is 0 Å². The van der Waals surface area contributed by atoms with Gasteiger partial charge in [-0.25, -0.2) is 0 Å². The predicted molar refractivity (Wildman–Crippen MR) is 122 cm³/mol. The van der Waals surface area contributed by atoms with Crippen molar-refractivity contribution in [1.82, 2.24) is 0 Å². The largest absolute Gasteiger partial charge is 0.394 e. The van der Waals surface area contributed by atoms with Crippen LogP contribution in [-0.2, 0) is 38.8 Å². The van der Waals surface area contributed by atoms with Crippen molar-refractivity contribution in [3.8, 4) is 0 Å². The van der Waals surface area contributed by atoms with Gasteiger partial charge in [-0.15, -0.1) is 0 Å². The molecule has 0 unspecified atom stereocenters. The molecule has 168 valence electrons. The van der Waals surface area contributed by atoms with Crippen molar-refractivity contribution in [3.05, 3.63) is 108 Å². The normalized spacial score (nSPS) is 21.5. The summed E-state index contributed by atoms with van der Waals surface area (Å²) in [6.07, 6.45) is -1.54. The second kappa shape index (κ2) is 11.9. The third-order valence-corrected chi connectivity index (χ3v) is 5.59. The van der Waals surface area contributed by atoms with Gasteiger partial charge in [0.2, 0.25) is 0 Å². The number of aliphatic hydroxyl groups excluding tert-OH is 1. The van der Waals surface area contributed by atoms with E-state index in [0.29, 0.717) is 26.4 Å². The molecule has 3 aromatic rings. The Hall–Kier alpha value is -2.54. The molecule has 1 heterocycles. The van der Waals surface area contributed by atoms with Crippen molar-refractivity contribution >= 4 is 0 Å². The Morgan fingerprint density at radius 3 is 1.75 bits per heavy atom. The molecule has 1 aliphatic heterocycles. The maximum Gasteiger partial charge on any atom is 0.115 e. The maximum absolute atomic E-state index is 10.1. The van der Waals surface area contributed by atoms with Gasteiger partial charge in [-0.3, -0.25) is 0 Å². The first-order chi connectivity index (χ1) is 15.8. The molecule has 5 nitrogen and oxygen atoms in total. The van der Waals surface area contributed by atoms with Crippen molar-refractivity contribution in [2.24, 2.45) is 0 Å². The van der Waals surface area contributed by atoms with Crippen LogP contribution in [0.5, 0.6) is 0 Å². The lowest BCUT2D eigenvalue weighted by atomic mass is 10.1. The standard InChI is InChI=1S/C27H30O5/c28-16-24(29-17-21-10-4-1-5-11-21)26-27(31-19-23-14-8-3-9-15-23)25(20-32-26)30-18-22-12-6-2-7-13-22/h1-15,24-28H,16-20H2/t24-,25+,26-,27-/m1/s1. The third-order valence-electron chi connectivity index (χ3n) is 5.59. The van der Waals surface area contributed by atoms with Crippen molar-refractivity contribution in [2.75, 3.05) is 13.2 Å². The SMILES string of the molecule is OC[C@@H](OCc1ccccc1)[C@H]1OC[C@H](OCc2ccccc2)[C@H]1OCc1ccccc1. The van der Waals surface area contributed by atoms with E-state index in [4.69, 9.17) is 18.9 Å². The van der Waals surface area contributed by atoms with Gasteiger partial charge in [-0.05, 0) is 16.7 Å². The highest BCUT2D eigenvalue weighted by atomic mass is 16.6. The lowest BCUT2D eigenvalue weighted by Crippen LogP contribution is -2.44. The summed E-state index contributed by atoms with van der Waals surface area (Å²) >= 11 is 0. The van der Waals surface area contributed by atoms with Gasteiger partial charge >= 0.3 is 0 Å². The van der Waals surface area contributed by atoms with Gasteiger partial charge in [0, 0.05) is 0 Å². The highest BCUT2D eigenvalue weighted by molar-refractivity contribution is 5.15. The van der Waals surface area contributed by atoms with Crippen LogP contribution >= 0.6 is 0 Å². The van der Waals surface area contributed by atoms with Crippen LogP contribution in [0.4, 0.5) is 0 Å². The molecule has 1 N–H and O–H groups in total. The molecular formula is C27H30O5. The predicted octanol–water partition coefficient (Wildman–Crippen LogP) is 4.13. The molecule has 1 fully saturated rings. The van der Waals surface area contributed by atoms with Gasteiger partial charge in [0.25, 0.3) is 0 Å².